The van der Waals surface area contributed by atoms with Gasteiger partial charge < -0.3 is 10.6 Å². The van der Waals surface area contributed by atoms with Crippen LogP contribution in [0.25, 0.3) is 0 Å². The molecule has 0 heterocycles. The molecule has 0 saturated carbocycles. The Morgan fingerprint density at radius 2 is 0.708 bits per heavy atom. The fraction of sp³-hybridized carbons (Fsp3) is 0.930. The SMILES string of the molecule is CCCCCCCCCCCNC(=O)CCCCCC(=O)CCCCCCCC(=O)NC(CCCCCCCC)CCCCCCCC. The Hall–Kier alpha value is -1.39. The molecule has 0 aliphatic carbocycles. The fourth-order valence-electron chi connectivity index (χ4n) is 6.73. The molecular formula is C43H84N2O3. The van der Waals surface area contributed by atoms with Gasteiger partial charge in [-0.1, -0.05) is 175 Å². The number of carbonyl (C=O) groups is 3. The number of rotatable bonds is 39. The summed E-state index contributed by atoms with van der Waals surface area (Å²) in [5.41, 5.74) is 0. The Kier molecular flexibility index (Phi) is 37.3. The normalized spacial score (nSPS) is 11.3. The first kappa shape index (κ1) is 46.6. The standard InChI is InChI=1S/C43H84N2O3/c1-4-7-10-13-16-17-18-24-32-39-44-42(47)37-31-25-29-36-41(46)35-28-22-19-23-30-38-43(48)45-40(33-26-20-14-11-8-5-2)34-27-21-15-12-9-6-3/h40H,4-39H2,1-3H3,(H,44,47)(H,45,48). The molecular weight excluding hydrogens is 592 g/mol. The van der Waals surface area contributed by atoms with Gasteiger partial charge in [-0.05, 0) is 44.9 Å². The van der Waals surface area contributed by atoms with Crippen molar-refractivity contribution in [1.82, 2.24) is 10.6 Å². The van der Waals surface area contributed by atoms with Crippen molar-refractivity contribution < 1.29 is 14.4 Å². The number of amides is 2. The minimum Gasteiger partial charge on any atom is -0.356 e. The number of carbonyl (C=O) groups excluding carboxylic acids is 3. The zero-order valence-electron chi connectivity index (χ0n) is 32.8. The van der Waals surface area contributed by atoms with Gasteiger partial charge in [0.15, 0.2) is 0 Å². The summed E-state index contributed by atoms with van der Waals surface area (Å²) in [6.07, 6.45) is 40.1. The first-order chi connectivity index (χ1) is 23.5. The molecule has 5 heteroatoms. The third-order valence-electron chi connectivity index (χ3n) is 10.00. The largest absolute Gasteiger partial charge is 0.356 e. The van der Waals surface area contributed by atoms with Gasteiger partial charge in [0.1, 0.15) is 5.78 Å². The summed E-state index contributed by atoms with van der Waals surface area (Å²) in [5, 5.41) is 6.45. The number of ketones is 1. The van der Waals surface area contributed by atoms with E-state index in [2.05, 4.69) is 31.4 Å². The average Bonchev–Trinajstić information content (AvgIpc) is 3.07. The molecule has 0 spiro atoms. The maximum Gasteiger partial charge on any atom is 0.220 e. The first-order valence-electron chi connectivity index (χ1n) is 21.6. The highest BCUT2D eigenvalue weighted by Gasteiger charge is 2.12. The summed E-state index contributed by atoms with van der Waals surface area (Å²) in [5.74, 6) is 0.772. The smallest absolute Gasteiger partial charge is 0.220 e. The summed E-state index contributed by atoms with van der Waals surface area (Å²) < 4.78 is 0. The van der Waals surface area contributed by atoms with Crippen LogP contribution in [0.2, 0.25) is 0 Å². The Balaban J connectivity index is 3.77. The van der Waals surface area contributed by atoms with Crippen LogP contribution in [0.5, 0.6) is 0 Å². The van der Waals surface area contributed by atoms with Gasteiger partial charge in [0, 0.05) is 38.3 Å². The number of unbranched alkanes of at least 4 members (excludes halogenated alkanes) is 24. The maximum atomic E-state index is 12.7. The van der Waals surface area contributed by atoms with Crippen LogP contribution in [0.15, 0.2) is 0 Å². The second-order valence-corrected chi connectivity index (χ2v) is 14.9. The van der Waals surface area contributed by atoms with Crippen LogP contribution in [-0.2, 0) is 14.4 Å². The molecule has 0 aromatic rings. The van der Waals surface area contributed by atoms with E-state index in [0.717, 1.165) is 77.2 Å². The predicted molar refractivity (Wildman–Crippen MR) is 209 cm³/mol. The molecule has 0 unspecified atom stereocenters. The number of nitrogens with one attached hydrogen (secondary N) is 2. The molecule has 48 heavy (non-hydrogen) atoms. The molecule has 2 N–H and O–H groups in total. The van der Waals surface area contributed by atoms with E-state index in [1.807, 2.05) is 0 Å². The van der Waals surface area contributed by atoms with Gasteiger partial charge in [-0.15, -0.1) is 0 Å². The van der Waals surface area contributed by atoms with Crippen molar-refractivity contribution in [3.63, 3.8) is 0 Å². The summed E-state index contributed by atoms with van der Waals surface area (Å²) in [6, 6.07) is 0.354. The lowest BCUT2D eigenvalue weighted by Crippen LogP contribution is -2.34. The van der Waals surface area contributed by atoms with Crippen molar-refractivity contribution in [2.45, 2.75) is 252 Å². The van der Waals surface area contributed by atoms with Crippen LogP contribution in [0.3, 0.4) is 0 Å². The quantitative estimate of drug-likeness (QED) is 0.0636. The summed E-state index contributed by atoms with van der Waals surface area (Å²) in [6.45, 7) is 7.59. The van der Waals surface area contributed by atoms with Crippen molar-refractivity contribution in [3.8, 4) is 0 Å². The van der Waals surface area contributed by atoms with Crippen molar-refractivity contribution >= 4 is 17.6 Å². The highest BCUT2D eigenvalue weighted by atomic mass is 16.2. The second kappa shape index (κ2) is 38.4. The molecule has 0 aliphatic rings. The minimum absolute atomic E-state index is 0.166. The van der Waals surface area contributed by atoms with Gasteiger partial charge >= 0.3 is 0 Å². The van der Waals surface area contributed by atoms with Crippen LogP contribution < -0.4 is 10.6 Å². The number of Topliss-reactive ketones (excluding diaryl/α,β-unsaturated/α-hetero) is 1. The van der Waals surface area contributed by atoms with E-state index in [-0.39, 0.29) is 11.8 Å². The summed E-state index contributed by atoms with van der Waals surface area (Å²) >= 11 is 0. The molecule has 284 valence electrons. The van der Waals surface area contributed by atoms with Gasteiger partial charge in [0.25, 0.3) is 0 Å². The number of hydrogen-bond donors (Lipinski definition) is 2. The molecule has 0 aliphatic heterocycles. The Morgan fingerprint density at radius 3 is 1.17 bits per heavy atom. The maximum absolute atomic E-state index is 12.7. The highest BCUT2D eigenvalue weighted by Crippen LogP contribution is 2.16. The molecule has 0 atom stereocenters. The van der Waals surface area contributed by atoms with Crippen LogP contribution in [-0.4, -0.2) is 30.2 Å². The van der Waals surface area contributed by atoms with Gasteiger partial charge in [-0.3, -0.25) is 14.4 Å². The zero-order chi connectivity index (χ0) is 35.2. The van der Waals surface area contributed by atoms with Gasteiger partial charge in [0.05, 0.1) is 0 Å². The third kappa shape index (κ3) is 35.9. The lowest BCUT2D eigenvalue weighted by atomic mass is 9.99. The van der Waals surface area contributed by atoms with E-state index in [4.69, 9.17) is 0 Å². The van der Waals surface area contributed by atoms with Crippen LogP contribution in [0.1, 0.15) is 245 Å². The molecule has 0 radical (unpaired) electrons. The number of hydrogen-bond acceptors (Lipinski definition) is 3. The van der Waals surface area contributed by atoms with E-state index in [0.29, 0.717) is 37.5 Å². The monoisotopic (exact) mass is 677 g/mol. The van der Waals surface area contributed by atoms with E-state index >= 15 is 0 Å². The van der Waals surface area contributed by atoms with Gasteiger partial charge in [-0.25, -0.2) is 0 Å². The van der Waals surface area contributed by atoms with E-state index in [9.17, 15) is 14.4 Å². The minimum atomic E-state index is 0.166. The van der Waals surface area contributed by atoms with Gasteiger partial charge in [-0.2, -0.15) is 0 Å². The van der Waals surface area contributed by atoms with Crippen molar-refractivity contribution in [1.29, 1.82) is 0 Å². The lowest BCUT2D eigenvalue weighted by molar-refractivity contribution is -0.122. The average molecular weight is 677 g/mol. The first-order valence-corrected chi connectivity index (χ1v) is 21.6. The van der Waals surface area contributed by atoms with E-state index in [1.54, 1.807) is 0 Å². The second-order valence-electron chi connectivity index (χ2n) is 14.9. The Labute approximate surface area is 300 Å². The van der Waals surface area contributed by atoms with Crippen LogP contribution in [0, 0.1) is 0 Å². The van der Waals surface area contributed by atoms with Gasteiger partial charge in [0.2, 0.25) is 11.8 Å². The molecule has 0 rings (SSSR count). The summed E-state index contributed by atoms with van der Waals surface area (Å²) in [4.78, 5) is 37.1. The molecule has 0 aromatic heterocycles. The van der Waals surface area contributed by atoms with Crippen molar-refractivity contribution in [2.75, 3.05) is 6.54 Å². The predicted octanol–water partition coefficient (Wildman–Crippen LogP) is 12.9. The molecule has 2 amide bonds. The highest BCUT2D eigenvalue weighted by molar-refractivity contribution is 5.78. The van der Waals surface area contributed by atoms with E-state index < -0.39 is 0 Å². The Morgan fingerprint density at radius 1 is 0.375 bits per heavy atom. The lowest BCUT2D eigenvalue weighted by Gasteiger charge is -2.19. The molecule has 0 aromatic carbocycles. The Bertz CT molecular complexity index is 694. The van der Waals surface area contributed by atoms with E-state index in [1.165, 1.54) is 128 Å². The fourth-order valence-corrected chi connectivity index (χ4v) is 6.73. The topological polar surface area (TPSA) is 75.3 Å². The summed E-state index contributed by atoms with van der Waals surface area (Å²) in [7, 11) is 0. The van der Waals surface area contributed by atoms with Crippen molar-refractivity contribution in [2.24, 2.45) is 0 Å². The molecule has 0 bridgehead atoms. The third-order valence-corrected chi connectivity index (χ3v) is 10.00. The molecule has 0 saturated heterocycles. The zero-order valence-corrected chi connectivity index (χ0v) is 32.8. The molecule has 5 nitrogen and oxygen atoms in total. The van der Waals surface area contributed by atoms with Crippen molar-refractivity contribution in [3.05, 3.63) is 0 Å². The van der Waals surface area contributed by atoms with Crippen LogP contribution in [0.4, 0.5) is 0 Å². The molecule has 0 fully saturated rings. The van der Waals surface area contributed by atoms with Crippen LogP contribution >= 0.6 is 0 Å².